The molecule has 0 aliphatic carbocycles. The zero-order valence-electron chi connectivity index (χ0n) is 18.4. The van der Waals surface area contributed by atoms with Crippen molar-refractivity contribution in [1.82, 2.24) is 14.8 Å². The summed E-state index contributed by atoms with van der Waals surface area (Å²) < 4.78 is 21.5. The molecule has 0 fully saturated rings. The average molecular weight is 443 g/mol. The molecule has 2 aromatic heterocycles. The highest BCUT2D eigenvalue weighted by Gasteiger charge is 2.26. The van der Waals surface area contributed by atoms with Crippen LogP contribution in [-0.4, -0.2) is 33.0 Å². The predicted octanol–water partition coefficient (Wildman–Crippen LogP) is 6.14. The summed E-state index contributed by atoms with van der Waals surface area (Å²) in [5, 5.41) is 18.8. The minimum Gasteiger partial charge on any atom is -0.495 e. The smallest absolute Gasteiger partial charge is 0.339 e. The van der Waals surface area contributed by atoms with Gasteiger partial charge in [0.15, 0.2) is 0 Å². The summed E-state index contributed by atoms with van der Waals surface area (Å²) in [4.78, 5) is 11.9. The van der Waals surface area contributed by atoms with Gasteiger partial charge in [-0.3, -0.25) is 5.10 Å². The van der Waals surface area contributed by atoms with Crippen LogP contribution >= 0.6 is 0 Å². The summed E-state index contributed by atoms with van der Waals surface area (Å²) in [7, 11) is 1.48. The van der Waals surface area contributed by atoms with Crippen LogP contribution in [0.3, 0.4) is 0 Å². The van der Waals surface area contributed by atoms with Crippen molar-refractivity contribution in [2.24, 2.45) is 0 Å². The van der Waals surface area contributed by atoms with Crippen LogP contribution in [0.2, 0.25) is 0 Å². The van der Waals surface area contributed by atoms with Crippen molar-refractivity contribution >= 4 is 27.8 Å². The molecule has 0 unspecified atom stereocenters. The lowest BCUT2D eigenvalue weighted by Crippen LogP contribution is -2.05. The molecule has 0 saturated carbocycles. The molecule has 0 radical (unpaired) electrons. The van der Waals surface area contributed by atoms with E-state index >= 15 is 0 Å². The van der Waals surface area contributed by atoms with Crippen LogP contribution in [0.5, 0.6) is 5.75 Å². The maximum Gasteiger partial charge on any atom is 0.339 e. The van der Waals surface area contributed by atoms with Crippen LogP contribution in [0.15, 0.2) is 60.8 Å². The van der Waals surface area contributed by atoms with Crippen molar-refractivity contribution in [3.8, 4) is 22.6 Å². The number of fused-ring (bicyclic) bond motifs is 2. The minimum absolute atomic E-state index is 0.0621. The Morgan fingerprint density at radius 3 is 2.58 bits per heavy atom. The molecule has 0 atom stereocenters. The second-order valence-electron chi connectivity index (χ2n) is 8.24. The number of carbonyl (C=O) groups is 1. The number of aromatic amines is 1. The van der Waals surface area contributed by atoms with E-state index in [4.69, 9.17) is 4.74 Å². The van der Waals surface area contributed by atoms with Crippen molar-refractivity contribution in [2.45, 2.75) is 19.8 Å². The largest absolute Gasteiger partial charge is 0.495 e. The highest BCUT2D eigenvalue weighted by Crippen LogP contribution is 2.45. The Labute approximate surface area is 189 Å². The van der Waals surface area contributed by atoms with Crippen LogP contribution in [-0.2, 0) is 0 Å². The molecule has 0 amide bonds. The first kappa shape index (κ1) is 20.8. The first-order valence-corrected chi connectivity index (χ1v) is 10.6. The summed E-state index contributed by atoms with van der Waals surface area (Å²) in [6.07, 6.45) is 1.76. The summed E-state index contributed by atoms with van der Waals surface area (Å²) in [6.45, 7) is 4.16. The van der Waals surface area contributed by atoms with E-state index in [-0.39, 0.29) is 17.3 Å². The van der Waals surface area contributed by atoms with Crippen LogP contribution in [0, 0.1) is 5.82 Å². The number of aromatic nitrogens is 3. The molecule has 5 rings (SSSR count). The molecule has 7 heteroatoms. The van der Waals surface area contributed by atoms with Gasteiger partial charge in [-0.2, -0.15) is 5.10 Å². The van der Waals surface area contributed by atoms with Crippen molar-refractivity contribution in [1.29, 1.82) is 0 Å². The normalized spacial score (nSPS) is 11.5. The summed E-state index contributed by atoms with van der Waals surface area (Å²) in [5.41, 5.74) is 5.22. The van der Waals surface area contributed by atoms with Crippen molar-refractivity contribution in [3.05, 3.63) is 77.9 Å². The molecular formula is C26H22FN3O3. The predicted molar refractivity (Wildman–Crippen MR) is 126 cm³/mol. The van der Waals surface area contributed by atoms with E-state index in [9.17, 15) is 14.3 Å². The van der Waals surface area contributed by atoms with Crippen LogP contribution in [0.4, 0.5) is 4.39 Å². The Balaban J connectivity index is 1.98. The molecule has 166 valence electrons. The van der Waals surface area contributed by atoms with Gasteiger partial charge in [0.05, 0.1) is 24.3 Å². The molecule has 33 heavy (non-hydrogen) atoms. The number of hydrogen-bond acceptors (Lipinski definition) is 3. The maximum atomic E-state index is 13.7. The van der Waals surface area contributed by atoms with E-state index in [1.54, 1.807) is 24.4 Å². The minimum atomic E-state index is -1.06. The SMILES string of the molecule is COc1c(C(=O)O)cccc1-c1c(C(C)C)n(-c2ccc(F)cc2)c2cc3cn[nH]c3cc12. The number of methoxy groups -OCH3 is 1. The molecule has 2 N–H and O–H groups in total. The lowest BCUT2D eigenvalue weighted by molar-refractivity contribution is 0.0693. The Morgan fingerprint density at radius 2 is 1.91 bits per heavy atom. The van der Waals surface area contributed by atoms with E-state index < -0.39 is 5.97 Å². The number of para-hydroxylation sites is 1. The van der Waals surface area contributed by atoms with E-state index in [2.05, 4.69) is 28.6 Å². The number of H-pyrrole nitrogens is 1. The topological polar surface area (TPSA) is 80.1 Å². The fraction of sp³-hybridized carbons (Fsp3) is 0.154. The third-order valence-corrected chi connectivity index (χ3v) is 5.91. The molecule has 0 saturated heterocycles. The number of nitrogens with one attached hydrogen (secondary N) is 1. The van der Waals surface area contributed by atoms with E-state index in [1.807, 2.05) is 18.2 Å². The molecule has 0 aliphatic rings. The number of halogens is 1. The Morgan fingerprint density at radius 1 is 1.15 bits per heavy atom. The molecule has 0 bridgehead atoms. The monoisotopic (exact) mass is 443 g/mol. The zero-order valence-corrected chi connectivity index (χ0v) is 18.4. The van der Waals surface area contributed by atoms with Gasteiger partial charge in [-0.05, 0) is 48.4 Å². The van der Waals surface area contributed by atoms with Crippen LogP contribution < -0.4 is 4.74 Å². The van der Waals surface area contributed by atoms with Gasteiger partial charge in [-0.15, -0.1) is 0 Å². The third-order valence-electron chi connectivity index (χ3n) is 5.91. The lowest BCUT2D eigenvalue weighted by atomic mass is 9.94. The number of ether oxygens (including phenoxy) is 1. The summed E-state index contributed by atoms with van der Waals surface area (Å²) >= 11 is 0. The fourth-order valence-electron chi connectivity index (χ4n) is 4.56. The number of nitrogens with zero attached hydrogens (tertiary/aromatic N) is 2. The van der Waals surface area contributed by atoms with E-state index in [0.29, 0.717) is 11.3 Å². The number of benzene rings is 3. The number of aromatic carboxylic acids is 1. The third kappa shape index (κ3) is 3.24. The van der Waals surface area contributed by atoms with Gasteiger partial charge >= 0.3 is 5.97 Å². The number of rotatable bonds is 5. The zero-order chi connectivity index (χ0) is 23.3. The standard InChI is InChI=1S/C26H22FN3O3/c1-14(2)24-23(18-5-4-6-19(26(31)32)25(18)33-3)20-12-21-15(13-28-29-21)11-22(20)30(24)17-9-7-16(27)8-10-17/h4-14H,1-3H3,(H,28,29)(H,31,32). The van der Waals surface area contributed by atoms with E-state index in [0.717, 1.165) is 38.8 Å². The molecule has 0 spiro atoms. The molecular weight excluding hydrogens is 421 g/mol. The number of hydrogen-bond donors (Lipinski definition) is 2. The Kier molecular flexibility index (Phi) is 4.89. The molecule has 3 aromatic carbocycles. The van der Waals surface area contributed by atoms with Crippen LogP contribution in [0.25, 0.3) is 38.6 Å². The summed E-state index contributed by atoms with van der Waals surface area (Å²) in [5.74, 6) is -1.01. The maximum absolute atomic E-state index is 13.7. The van der Waals surface area contributed by atoms with Gasteiger partial charge < -0.3 is 14.4 Å². The van der Waals surface area contributed by atoms with Gasteiger partial charge in [0.2, 0.25) is 0 Å². The van der Waals surface area contributed by atoms with Crippen molar-refractivity contribution < 1.29 is 19.0 Å². The second kappa shape index (κ2) is 7.78. The molecule has 6 nitrogen and oxygen atoms in total. The quantitative estimate of drug-likeness (QED) is 0.342. The first-order chi connectivity index (χ1) is 15.9. The first-order valence-electron chi connectivity index (χ1n) is 10.6. The van der Waals surface area contributed by atoms with Gasteiger partial charge in [0.25, 0.3) is 0 Å². The number of carboxylic acids is 1. The van der Waals surface area contributed by atoms with Gasteiger partial charge in [-0.1, -0.05) is 26.0 Å². The van der Waals surface area contributed by atoms with E-state index in [1.165, 1.54) is 25.3 Å². The highest BCUT2D eigenvalue weighted by atomic mass is 19.1. The lowest BCUT2D eigenvalue weighted by Gasteiger charge is -2.17. The average Bonchev–Trinajstić information content (AvgIpc) is 3.39. The van der Waals surface area contributed by atoms with Crippen molar-refractivity contribution in [2.75, 3.05) is 7.11 Å². The Bertz CT molecular complexity index is 1510. The summed E-state index contributed by atoms with van der Waals surface area (Å²) in [6, 6.07) is 15.6. The molecule has 5 aromatic rings. The van der Waals surface area contributed by atoms with Gasteiger partial charge in [-0.25, -0.2) is 9.18 Å². The van der Waals surface area contributed by atoms with Gasteiger partial charge in [0.1, 0.15) is 17.1 Å². The fourth-order valence-corrected chi connectivity index (χ4v) is 4.56. The highest BCUT2D eigenvalue weighted by molar-refractivity contribution is 6.07. The Hall–Kier alpha value is -4.13. The van der Waals surface area contributed by atoms with Crippen molar-refractivity contribution in [3.63, 3.8) is 0 Å². The van der Waals surface area contributed by atoms with Crippen LogP contribution in [0.1, 0.15) is 35.8 Å². The second-order valence-corrected chi connectivity index (χ2v) is 8.24. The molecule has 2 heterocycles. The number of carboxylic acid groups (broad SMARTS) is 1. The molecule has 0 aliphatic heterocycles. The van der Waals surface area contributed by atoms with Gasteiger partial charge in [0, 0.05) is 33.3 Å².